The van der Waals surface area contributed by atoms with E-state index in [4.69, 9.17) is 0 Å². The maximum atomic E-state index is 12.2. The zero-order chi connectivity index (χ0) is 15.6. The van der Waals surface area contributed by atoms with Crippen LogP contribution in [0.25, 0.3) is 0 Å². The first-order valence-electron chi connectivity index (χ1n) is 6.08. The van der Waals surface area contributed by atoms with Crippen molar-refractivity contribution >= 4 is 9.84 Å². The van der Waals surface area contributed by atoms with Crippen molar-refractivity contribution in [1.82, 2.24) is 15.1 Å². The summed E-state index contributed by atoms with van der Waals surface area (Å²) in [6, 6.07) is -0.310. The molecule has 1 N–H and O–H groups in total. The van der Waals surface area contributed by atoms with Gasteiger partial charge in [-0.1, -0.05) is 0 Å². The van der Waals surface area contributed by atoms with Crippen molar-refractivity contribution < 1.29 is 21.6 Å². The van der Waals surface area contributed by atoms with Crippen LogP contribution in [0.5, 0.6) is 0 Å². The lowest BCUT2D eigenvalue weighted by atomic mass is 10.2. The fourth-order valence-corrected chi connectivity index (χ4v) is 2.21. The number of aromatic nitrogens is 2. The van der Waals surface area contributed by atoms with E-state index in [9.17, 15) is 21.6 Å². The van der Waals surface area contributed by atoms with Gasteiger partial charge < -0.3 is 5.32 Å². The Morgan fingerprint density at radius 3 is 2.45 bits per heavy atom. The van der Waals surface area contributed by atoms with Crippen LogP contribution in [0.1, 0.15) is 25.5 Å². The Balaban J connectivity index is 2.50. The monoisotopic (exact) mass is 313 g/mol. The van der Waals surface area contributed by atoms with E-state index in [1.54, 1.807) is 17.8 Å². The summed E-state index contributed by atoms with van der Waals surface area (Å²) in [5, 5.41) is 6.89. The molecule has 9 heteroatoms. The quantitative estimate of drug-likeness (QED) is 0.867. The first kappa shape index (κ1) is 17.0. The molecule has 116 valence electrons. The van der Waals surface area contributed by atoms with Gasteiger partial charge in [0, 0.05) is 18.8 Å². The van der Waals surface area contributed by atoms with Crippen molar-refractivity contribution in [2.45, 2.75) is 38.4 Å². The van der Waals surface area contributed by atoms with Crippen LogP contribution in [0, 0.1) is 6.92 Å². The van der Waals surface area contributed by atoms with Crippen molar-refractivity contribution in [2.24, 2.45) is 0 Å². The summed E-state index contributed by atoms with van der Waals surface area (Å²) in [4.78, 5) is 0. The second-order valence-corrected chi connectivity index (χ2v) is 6.85. The molecule has 5 nitrogen and oxygen atoms in total. The van der Waals surface area contributed by atoms with E-state index in [-0.39, 0.29) is 18.6 Å². The molecular weight excluding hydrogens is 295 g/mol. The topological polar surface area (TPSA) is 64.0 Å². The normalized spacial score (nSPS) is 16.1. The maximum Gasteiger partial charge on any atom is 0.497 e. The predicted molar refractivity (Wildman–Crippen MR) is 69.0 cm³/mol. The van der Waals surface area contributed by atoms with E-state index < -0.39 is 21.1 Å². The fourth-order valence-electron chi connectivity index (χ4n) is 1.59. The molecule has 1 aromatic heterocycles. The lowest BCUT2D eigenvalue weighted by molar-refractivity contribution is -0.0435. The van der Waals surface area contributed by atoms with Gasteiger partial charge in [0.1, 0.15) is 0 Å². The molecule has 0 spiro atoms. The number of hydrogen-bond acceptors (Lipinski definition) is 4. The van der Waals surface area contributed by atoms with Crippen molar-refractivity contribution in [3.63, 3.8) is 0 Å². The molecule has 0 fully saturated rings. The summed E-state index contributed by atoms with van der Waals surface area (Å²) in [6.07, 6.45) is 3.49. The number of aryl methyl sites for hydroxylation is 1. The van der Waals surface area contributed by atoms with Crippen molar-refractivity contribution in [1.29, 1.82) is 0 Å². The molecule has 0 saturated heterocycles. The van der Waals surface area contributed by atoms with Gasteiger partial charge in [-0.2, -0.15) is 18.3 Å². The highest BCUT2D eigenvalue weighted by Crippen LogP contribution is 2.23. The largest absolute Gasteiger partial charge is 0.497 e. The molecule has 1 aromatic rings. The summed E-state index contributed by atoms with van der Waals surface area (Å²) in [5.74, 6) is -0.967. The van der Waals surface area contributed by atoms with E-state index in [1.165, 1.54) is 0 Å². The molecule has 1 heterocycles. The first-order chi connectivity index (χ1) is 9.04. The SMILES string of the molecule is Cc1cnn([C@@H](C)[C@@H](C)NCCS(=O)(=O)C(F)(F)F)c1. The zero-order valence-corrected chi connectivity index (χ0v) is 12.3. The molecule has 0 unspecified atom stereocenters. The molecule has 0 aliphatic rings. The summed E-state index contributed by atoms with van der Waals surface area (Å²) >= 11 is 0. The smallest absolute Gasteiger partial charge is 0.311 e. The standard InChI is InChI=1S/C11H18F3N3O2S/c1-8-6-16-17(7-8)10(3)9(2)15-4-5-20(18,19)11(12,13)14/h6-7,9-10,15H,4-5H2,1-3H3/t9-,10+/m1/s1. The lowest BCUT2D eigenvalue weighted by Gasteiger charge is -2.22. The van der Waals surface area contributed by atoms with Crippen LogP contribution in [0.3, 0.4) is 0 Å². The molecule has 0 aliphatic carbocycles. The van der Waals surface area contributed by atoms with E-state index in [2.05, 4.69) is 10.4 Å². The average Bonchev–Trinajstić information content (AvgIpc) is 2.73. The van der Waals surface area contributed by atoms with Gasteiger partial charge in [0.15, 0.2) is 0 Å². The van der Waals surface area contributed by atoms with Crippen LogP contribution in [0.15, 0.2) is 12.4 Å². The Morgan fingerprint density at radius 2 is 2.00 bits per heavy atom. The van der Waals surface area contributed by atoms with Crippen LogP contribution in [-0.2, 0) is 9.84 Å². The molecule has 0 aromatic carbocycles. The van der Waals surface area contributed by atoms with Crippen molar-refractivity contribution in [3.8, 4) is 0 Å². The molecule has 20 heavy (non-hydrogen) atoms. The van der Waals surface area contributed by atoms with Crippen LogP contribution in [-0.4, -0.2) is 42.0 Å². The zero-order valence-electron chi connectivity index (χ0n) is 11.5. The van der Waals surface area contributed by atoms with Gasteiger partial charge >= 0.3 is 5.51 Å². The lowest BCUT2D eigenvalue weighted by Crippen LogP contribution is -2.39. The fraction of sp³-hybridized carbons (Fsp3) is 0.727. The maximum absolute atomic E-state index is 12.2. The van der Waals surface area contributed by atoms with Gasteiger partial charge in [0.05, 0.1) is 18.0 Å². The summed E-state index contributed by atoms with van der Waals surface area (Å²) in [7, 11) is -5.06. The third-order valence-electron chi connectivity index (χ3n) is 3.06. The molecule has 0 amide bonds. The van der Waals surface area contributed by atoms with Gasteiger partial charge in [-0.05, 0) is 26.3 Å². The molecule has 2 atom stereocenters. The van der Waals surface area contributed by atoms with E-state index in [0.29, 0.717) is 0 Å². The summed E-state index contributed by atoms with van der Waals surface area (Å²) < 4.78 is 59.9. The van der Waals surface area contributed by atoms with Crippen molar-refractivity contribution in [2.75, 3.05) is 12.3 Å². The number of hydrogen-bond donors (Lipinski definition) is 1. The first-order valence-corrected chi connectivity index (χ1v) is 7.73. The number of halogens is 3. The third-order valence-corrected chi connectivity index (χ3v) is 4.51. The summed E-state index contributed by atoms with van der Waals surface area (Å²) in [6.45, 7) is 5.24. The van der Waals surface area contributed by atoms with E-state index in [0.717, 1.165) is 5.56 Å². The van der Waals surface area contributed by atoms with Gasteiger partial charge in [-0.3, -0.25) is 4.68 Å². The highest BCUT2D eigenvalue weighted by Gasteiger charge is 2.44. The van der Waals surface area contributed by atoms with Crippen LogP contribution >= 0.6 is 0 Å². The third kappa shape index (κ3) is 4.20. The number of alkyl halides is 3. The van der Waals surface area contributed by atoms with Crippen LogP contribution < -0.4 is 5.32 Å². The Morgan fingerprint density at radius 1 is 1.40 bits per heavy atom. The highest BCUT2D eigenvalue weighted by molar-refractivity contribution is 7.92. The minimum absolute atomic E-state index is 0.0997. The second kappa shape index (κ2) is 6.13. The Labute approximate surface area is 116 Å². The average molecular weight is 313 g/mol. The minimum atomic E-state index is -5.19. The molecule has 1 rings (SSSR count). The Hall–Kier alpha value is -1.09. The van der Waals surface area contributed by atoms with Crippen LogP contribution in [0.2, 0.25) is 0 Å². The Bertz CT molecular complexity index is 539. The second-order valence-electron chi connectivity index (χ2n) is 4.75. The van der Waals surface area contributed by atoms with Crippen molar-refractivity contribution in [3.05, 3.63) is 18.0 Å². The Kier molecular flexibility index (Phi) is 5.20. The number of rotatable bonds is 6. The molecule has 0 aliphatic heterocycles. The van der Waals surface area contributed by atoms with Gasteiger partial charge in [0.2, 0.25) is 9.84 Å². The molecule has 0 radical (unpaired) electrons. The molecule has 0 bridgehead atoms. The highest BCUT2D eigenvalue weighted by atomic mass is 32.2. The molecule has 0 saturated carbocycles. The summed E-state index contributed by atoms with van der Waals surface area (Å²) in [5.41, 5.74) is -4.22. The number of sulfone groups is 1. The van der Waals surface area contributed by atoms with Gasteiger partial charge in [0.25, 0.3) is 0 Å². The molecular formula is C11H18F3N3O2S. The predicted octanol–water partition coefficient (Wildman–Crippen LogP) is 1.67. The van der Waals surface area contributed by atoms with Gasteiger partial charge in [-0.25, -0.2) is 8.42 Å². The van der Waals surface area contributed by atoms with E-state index >= 15 is 0 Å². The van der Waals surface area contributed by atoms with Crippen LogP contribution in [0.4, 0.5) is 13.2 Å². The number of nitrogens with one attached hydrogen (secondary N) is 1. The van der Waals surface area contributed by atoms with E-state index in [1.807, 2.05) is 20.0 Å². The van der Waals surface area contributed by atoms with Gasteiger partial charge in [-0.15, -0.1) is 0 Å². The minimum Gasteiger partial charge on any atom is -0.311 e. The number of nitrogens with zero attached hydrogens (tertiary/aromatic N) is 2.